The van der Waals surface area contributed by atoms with Crippen LogP contribution < -0.4 is 5.32 Å². The normalized spacial score (nSPS) is 19.9. The molecule has 124 valence electrons. The van der Waals surface area contributed by atoms with E-state index in [2.05, 4.69) is 44.1 Å². The van der Waals surface area contributed by atoms with E-state index in [4.69, 9.17) is 5.11 Å². The Morgan fingerprint density at radius 2 is 2.21 bits per heavy atom. The molecule has 1 amide bonds. The molecular formula is C15H15N5O2S2. The average molecular weight is 361 g/mol. The highest BCUT2D eigenvalue weighted by molar-refractivity contribution is 7.14. The second-order valence-corrected chi connectivity index (χ2v) is 7.91. The van der Waals surface area contributed by atoms with Crippen LogP contribution in [0.1, 0.15) is 29.5 Å². The lowest BCUT2D eigenvalue weighted by Gasteiger charge is -2.34. The number of amides is 1. The summed E-state index contributed by atoms with van der Waals surface area (Å²) in [6, 6.07) is 4.13. The number of thiophene rings is 1. The highest BCUT2D eigenvalue weighted by Crippen LogP contribution is 2.39. The van der Waals surface area contributed by atoms with Crippen LogP contribution in [-0.4, -0.2) is 37.0 Å². The van der Waals surface area contributed by atoms with Crippen molar-refractivity contribution in [3.8, 4) is 15.8 Å². The minimum Gasteiger partial charge on any atom is -0.465 e. The summed E-state index contributed by atoms with van der Waals surface area (Å²) < 4.78 is 2.07. The molecule has 0 radical (unpaired) electrons. The first-order valence-corrected chi connectivity index (χ1v) is 9.23. The smallest absolute Gasteiger partial charge is 0.404 e. The quantitative estimate of drug-likeness (QED) is 0.744. The standard InChI is InChI=1S/C15H15N5O2S2/c1-8-2-3-11(24-8)20-12(9-6-10(7-9)17-15(21)22)18-19-13(20)14-16-4-5-23-14/h2-5,9-10,17H,6-7H2,1H3,(H,21,22). The average Bonchev–Trinajstić information content (AvgIpc) is 3.21. The number of aromatic nitrogens is 4. The topological polar surface area (TPSA) is 92.9 Å². The largest absolute Gasteiger partial charge is 0.465 e. The van der Waals surface area contributed by atoms with Crippen LogP contribution in [0.15, 0.2) is 23.7 Å². The van der Waals surface area contributed by atoms with Crippen LogP contribution in [0.5, 0.6) is 0 Å². The number of rotatable bonds is 4. The van der Waals surface area contributed by atoms with Crippen molar-refractivity contribution in [2.24, 2.45) is 0 Å². The molecule has 7 nitrogen and oxygen atoms in total. The number of hydrogen-bond acceptors (Lipinski definition) is 6. The van der Waals surface area contributed by atoms with E-state index in [1.807, 2.05) is 5.38 Å². The summed E-state index contributed by atoms with van der Waals surface area (Å²) in [5.41, 5.74) is 0. The molecule has 1 saturated carbocycles. The second-order valence-electron chi connectivity index (χ2n) is 5.75. The number of carbonyl (C=O) groups is 1. The lowest BCUT2D eigenvalue weighted by molar-refractivity contribution is 0.176. The summed E-state index contributed by atoms with van der Waals surface area (Å²) in [4.78, 5) is 16.3. The number of hydrogen-bond donors (Lipinski definition) is 2. The van der Waals surface area contributed by atoms with E-state index in [0.29, 0.717) is 0 Å². The summed E-state index contributed by atoms with van der Waals surface area (Å²) in [7, 11) is 0. The fourth-order valence-corrected chi connectivity index (χ4v) is 4.40. The van der Waals surface area contributed by atoms with Gasteiger partial charge in [-0.05, 0) is 31.9 Å². The van der Waals surface area contributed by atoms with Crippen molar-refractivity contribution in [1.29, 1.82) is 0 Å². The van der Waals surface area contributed by atoms with E-state index in [0.717, 1.165) is 34.5 Å². The van der Waals surface area contributed by atoms with Crippen LogP contribution in [0.2, 0.25) is 0 Å². The molecule has 0 atom stereocenters. The molecule has 0 spiro atoms. The molecule has 1 fully saturated rings. The van der Waals surface area contributed by atoms with Gasteiger partial charge in [0, 0.05) is 28.4 Å². The van der Waals surface area contributed by atoms with Crippen molar-refractivity contribution >= 4 is 28.8 Å². The summed E-state index contributed by atoms with van der Waals surface area (Å²) in [6.07, 6.45) is 2.27. The Labute approximate surface area is 146 Å². The minimum atomic E-state index is -0.975. The van der Waals surface area contributed by atoms with E-state index < -0.39 is 6.09 Å². The number of carboxylic acid groups (broad SMARTS) is 1. The maximum atomic E-state index is 10.7. The predicted octanol–water partition coefficient (Wildman–Crippen LogP) is 3.27. The van der Waals surface area contributed by atoms with Gasteiger partial charge in [-0.2, -0.15) is 0 Å². The van der Waals surface area contributed by atoms with Crippen LogP contribution in [0.25, 0.3) is 15.8 Å². The third-order valence-corrected chi connectivity index (χ3v) is 5.84. The summed E-state index contributed by atoms with van der Waals surface area (Å²) >= 11 is 3.22. The first kappa shape index (κ1) is 15.3. The summed E-state index contributed by atoms with van der Waals surface area (Å²) in [5, 5.41) is 23.9. The van der Waals surface area contributed by atoms with E-state index in [1.165, 1.54) is 16.2 Å². The molecule has 3 heterocycles. The predicted molar refractivity (Wildman–Crippen MR) is 92.0 cm³/mol. The summed E-state index contributed by atoms with van der Waals surface area (Å²) in [5.74, 6) is 1.83. The third kappa shape index (κ3) is 2.69. The van der Waals surface area contributed by atoms with E-state index in [-0.39, 0.29) is 12.0 Å². The molecule has 0 aromatic carbocycles. The first-order chi connectivity index (χ1) is 11.6. The van der Waals surface area contributed by atoms with Gasteiger partial charge in [-0.15, -0.1) is 32.9 Å². The van der Waals surface area contributed by atoms with Gasteiger partial charge >= 0.3 is 6.09 Å². The van der Waals surface area contributed by atoms with Crippen molar-refractivity contribution in [3.05, 3.63) is 34.4 Å². The number of nitrogens with one attached hydrogen (secondary N) is 1. The Bertz CT molecular complexity index is 864. The van der Waals surface area contributed by atoms with Gasteiger partial charge in [-0.1, -0.05) is 0 Å². The van der Waals surface area contributed by atoms with Crippen molar-refractivity contribution in [2.75, 3.05) is 0 Å². The number of nitrogens with zero attached hydrogens (tertiary/aromatic N) is 4. The molecule has 9 heteroatoms. The lowest BCUT2D eigenvalue weighted by Crippen LogP contribution is -2.43. The van der Waals surface area contributed by atoms with E-state index in [1.54, 1.807) is 17.5 Å². The van der Waals surface area contributed by atoms with Crippen LogP contribution in [0, 0.1) is 6.92 Å². The van der Waals surface area contributed by atoms with Crippen molar-refractivity contribution in [1.82, 2.24) is 25.1 Å². The fourth-order valence-electron chi connectivity index (χ4n) is 2.91. The highest BCUT2D eigenvalue weighted by atomic mass is 32.1. The Balaban J connectivity index is 1.69. The van der Waals surface area contributed by atoms with Gasteiger partial charge in [-0.25, -0.2) is 9.78 Å². The van der Waals surface area contributed by atoms with Crippen LogP contribution in [0.4, 0.5) is 4.79 Å². The van der Waals surface area contributed by atoms with Gasteiger partial charge in [0.15, 0.2) is 10.8 Å². The number of aryl methyl sites for hydroxylation is 1. The molecule has 2 N–H and O–H groups in total. The molecule has 24 heavy (non-hydrogen) atoms. The Kier molecular flexibility index (Phi) is 3.81. The lowest BCUT2D eigenvalue weighted by atomic mass is 9.79. The molecule has 1 aliphatic rings. The van der Waals surface area contributed by atoms with Gasteiger partial charge in [0.1, 0.15) is 10.8 Å². The molecule has 4 rings (SSSR count). The maximum absolute atomic E-state index is 10.7. The molecule has 0 aliphatic heterocycles. The first-order valence-electron chi connectivity index (χ1n) is 7.53. The van der Waals surface area contributed by atoms with Crippen molar-refractivity contribution in [2.45, 2.75) is 31.7 Å². The fraction of sp³-hybridized carbons (Fsp3) is 0.333. The Hall–Kier alpha value is -2.26. The SMILES string of the molecule is Cc1ccc(-n2c(-c3nccs3)nnc2C2CC(NC(=O)O)C2)s1. The zero-order valence-electron chi connectivity index (χ0n) is 12.8. The maximum Gasteiger partial charge on any atom is 0.404 e. The van der Waals surface area contributed by atoms with Crippen LogP contribution >= 0.6 is 22.7 Å². The number of thiazole rings is 1. The molecule has 0 bridgehead atoms. The zero-order valence-corrected chi connectivity index (χ0v) is 14.5. The Morgan fingerprint density at radius 3 is 2.83 bits per heavy atom. The molecule has 1 aliphatic carbocycles. The van der Waals surface area contributed by atoms with Gasteiger partial charge in [0.25, 0.3) is 0 Å². The molecule has 0 saturated heterocycles. The molecular weight excluding hydrogens is 346 g/mol. The van der Waals surface area contributed by atoms with Gasteiger partial charge in [0.05, 0.1) is 0 Å². The molecule has 3 aromatic rings. The van der Waals surface area contributed by atoms with Gasteiger partial charge in [0.2, 0.25) is 0 Å². The summed E-state index contributed by atoms with van der Waals surface area (Å²) in [6.45, 7) is 2.07. The van der Waals surface area contributed by atoms with E-state index >= 15 is 0 Å². The third-order valence-electron chi connectivity index (χ3n) is 4.09. The van der Waals surface area contributed by atoms with Gasteiger partial charge < -0.3 is 10.4 Å². The second kappa shape index (κ2) is 5.99. The highest BCUT2D eigenvalue weighted by Gasteiger charge is 2.36. The molecule has 3 aromatic heterocycles. The van der Waals surface area contributed by atoms with Crippen LogP contribution in [0.3, 0.4) is 0 Å². The van der Waals surface area contributed by atoms with Crippen molar-refractivity contribution in [3.63, 3.8) is 0 Å². The zero-order chi connectivity index (χ0) is 16.7. The minimum absolute atomic E-state index is 0.00830. The van der Waals surface area contributed by atoms with Crippen LogP contribution in [-0.2, 0) is 0 Å². The Morgan fingerprint density at radius 1 is 1.38 bits per heavy atom. The van der Waals surface area contributed by atoms with Gasteiger partial charge in [-0.3, -0.25) is 4.57 Å². The van der Waals surface area contributed by atoms with Crippen molar-refractivity contribution < 1.29 is 9.90 Å². The monoisotopic (exact) mass is 361 g/mol. The molecule has 0 unspecified atom stereocenters. The van der Waals surface area contributed by atoms with E-state index in [9.17, 15) is 4.79 Å².